The van der Waals surface area contributed by atoms with Gasteiger partial charge in [0.1, 0.15) is 11.7 Å². The quantitative estimate of drug-likeness (QED) is 0.539. The van der Waals surface area contributed by atoms with Gasteiger partial charge < -0.3 is 10.7 Å². The molecule has 1 atom stereocenters. The van der Waals surface area contributed by atoms with E-state index in [9.17, 15) is 14.4 Å². The Balaban J connectivity index is 2.41. The van der Waals surface area contributed by atoms with Gasteiger partial charge in [-0.1, -0.05) is 0 Å². The van der Waals surface area contributed by atoms with E-state index in [1.807, 2.05) is 0 Å². The molecule has 1 amide bonds. The number of hydrogen-bond donors (Lipinski definition) is 3. The van der Waals surface area contributed by atoms with Gasteiger partial charge in [0.05, 0.1) is 10.5 Å². The van der Waals surface area contributed by atoms with Gasteiger partial charge in [0.15, 0.2) is 5.78 Å². The molecule has 0 aromatic rings. The van der Waals surface area contributed by atoms with Crippen LogP contribution in [0.1, 0.15) is 0 Å². The fourth-order valence-corrected chi connectivity index (χ4v) is 2.27. The number of allylic oxidation sites excluding steroid dienone is 2. The van der Waals surface area contributed by atoms with Crippen LogP contribution in [-0.4, -0.2) is 36.8 Å². The van der Waals surface area contributed by atoms with E-state index in [1.165, 1.54) is 24.9 Å². The van der Waals surface area contributed by atoms with Crippen LogP contribution < -0.4 is 16.2 Å². The zero-order valence-electron chi connectivity index (χ0n) is 9.29. The summed E-state index contributed by atoms with van der Waals surface area (Å²) in [4.78, 5) is 35.7. The predicted molar refractivity (Wildman–Crippen MR) is 62.8 cm³/mol. The Morgan fingerprint density at radius 3 is 2.76 bits per heavy atom. The van der Waals surface area contributed by atoms with Gasteiger partial charge in [0, 0.05) is 13.1 Å². The van der Waals surface area contributed by atoms with Gasteiger partial charge in [-0.05, 0) is 6.26 Å². The molecule has 0 aromatic heterocycles. The smallest absolute Gasteiger partial charge is 0.243 e. The lowest BCUT2D eigenvalue weighted by Crippen LogP contribution is -2.45. The second-order valence-corrected chi connectivity index (χ2v) is 4.36. The SMILES string of the molecule is CNC(=O)C1NNC2=C1C(=O)C(SC)=CC2=O. The van der Waals surface area contributed by atoms with Crippen molar-refractivity contribution in [3.63, 3.8) is 0 Å². The van der Waals surface area contributed by atoms with Crippen LogP contribution in [-0.2, 0) is 14.4 Å². The second-order valence-electron chi connectivity index (χ2n) is 3.51. The Morgan fingerprint density at radius 1 is 1.47 bits per heavy atom. The highest BCUT2D eigenvalue weighted by molar-refractivity contribution is 8.03. The van der Waals surface area contributed by atoms with Crippen molar-refractivity contribution in [1.82, 2.24) is 16.2 Å². The Labute approximate surface area is 102 Å². The van der Waals surface area contributed by atoms with E-state index >= 15 is 0 Å². The first-order valence-corrected chi connectivity index (χ1v) is 6.14. The maximum absolute atomic E-state index is 12.1. The molecule has 7 heteroatoms. The Kier molecular flexibility index (Phi) is 3.03. The van der Waals surface area contributed by atoms with Crippen molar-refractivity contribution in [2.24, 2.45) is 0 Å². The van der Waals surface area contributed by atoms with Crippen LogP contribution in [0, 0.1) is 0 Å². The summed E-state index contributed by atoms with van der Waals surface area (Å²) >= 11 is 1.20. The van der Waals surface area contributed by atoms with Crippen molar-refractivity contribution < 1.29 is 14.4 Å². The van der Waals surface area contributed by atoms with Crippen LogP contribution in [0.15, 0.2) is 22.3 Å². The average molecular weight is 253 g/mol. The van der Waals surface area contributed by atoms with Crippen molar-refractivity contribution in [3.05, 3.63) is 22.3 Å². The van der Waals surface area contributed by atoms with E-state index in [1.54, 1.807) is 6.26 Å². The lowest BCUT2D eigenvalue weighted by Gasteiger charge is -2.14. The minimum Gasteiger partial charge on any atom is -0.357 e. The molecule has 2 aliphatic rings. The molecule has 1 aliphatic heterocycles. The van der Waals surface area contributed by atoms with Gasteiger partial charge in [-0.15, -0.1) is 11.8 Å². The van der Waals surface area contributed by atoms with Gasteiger partial charge in [-0.3, -0.25) is 14.4 Å². The molecule has 2 rings (SSSR count). The Hall–Kier alpha value is -1.60. The van der Waals surface area contributed by atoms with E-state index in [4.69, 9.17) is 0 Å². The van der Waals surface area contributed by atoms with Crippen LogP contribution >= 0.6 is 11.8 Å². The number of carbonyl (C=O) groups excluding carboxylic acids is 3. The number of likely N-dealkylation sites (N-methyl/N-ethyl adjacent to an activating group) is 1. The largest absolute Gasteiger partial charge is 0.357 e. The van der Waals surface area contributed by atoms with Gasteiger partial charge in [0.25, 0.3) is 0 Å². The molecule has 17 heavy (non-hydrogen) atoms. The average Bonchev–Trinajstić information content (AvgIpc) is 2.78. The molecule has 1 aliphatic carbocycles. The van der Waals surface area contributed by atoms with Gasteiger partial charge in [-0.25, -0.2) is 5.43 Å². The third kappa shape index (κ3) is 1.77. The summed E-state index contributed by atoms with van der Waals surface area (Å²) in [6.07, 6.45) is 3.00. The molecule has 0 radical (unpaired) electrons. The van der Waals surface area contributed by atoms with E-state index in [2.05, 4.69) is 16.2 Å². The highest BCUT2D eigenvalue weighted by Crippen LogP contribution is 2.28. The van der Waals surface area contributed by atoms with Crippen LogP contribution in [0.25, 0.3) is 0 Å². The first kappa shape index (κ1) is 11.9. The number of hydrazine groups is 1. The number of hydrogen-bond acceptors (Lipinski definition) is 6. The zero-order valence-corrected chi connectivity index (χ0v) is 10.1. The van der Waals surface area contributed by atoms with Gasteiger partial charge >= 0.3 is 0 Å². The number of rotatable bonds is 2. The summed E-state index contributed by atoms with van der Waals surface area (Å²) in [6.45, 7) is 0. The third-order valence-electron chi connectivity index (χ3n) is 2.61. The predicted octanol–water partition coefficient (Wildman–Crippen LogP) is -1.14. The number of nitrogens with one attached hydrogen (secondary N) is 3. The Bertz CT molecular complexity index is 481. The molecule has 3 N–H and O–H groups in total. The maximum atomic E-state index is 12.1. The molecule has 1 heterocycles. The molecule has 0 saturated heterocycles. The number of amides is 1. The summed E-state index contributed by atoms with van der Waals surface area (Å²) in [5, 5.41) is 2.44. The first-order chi connectivity index (χ1) is 8.10. The van der Waals surface area contributed by atoms with Gasteiger partial charge in [0.2, 0.25) is 11.7 Å². The van der Waals surface area contributed by atoms with E-state index in [0.29, 0.717) is 4.91 Å². The van der Waals surface area contributed by atoms with E-state index in [0.717, 1.165) is 0 Å². The van der Waals surface area contributed by atoms with Crippen LogP contribution in [0.5, 0.6) is 0 Å². The van der Waals surface area contributed by atoms with Crippen molar-refractivity contribution >= 4 is 29.2 Å². The number of ketones is 2. The summed E-state index contributed by atoms with van der Waals surface area (Å²) in [7, 11) is 1.48. The topological polar surface area (TPSA) is 87.3 Å². The normalized spacial score (nSPS) is 23.2. The van der Waals surface area contributed by atoms with Crippen molar-refractivity contribution in [1.29, 1.82) is 0 Å². The summed E-state index contributed by atoms with van der Waals surface area (Å²) in [5.74, 6) is -0.924. The van der Waals surface area contributed by atoms with E-state index in [-0.39, 0.29) is 28.7 Å². The highest BCUT2D eigenvalue weighted by Gasteiger charge is 2.40. The van der Waals surface area contributed by atoms with Crippen molar-refractivity contribution in [3.8, 4) is 0 Å². The lowest BCUT2D eigenvalue weighted by molar-refractivity contribution is -0.123. The van der Waals surface area contributed by atoms with E-state index < -0.39 is 6.04 Å². The number of Topliss-reactive ketones (excluding diaryl/α,β-unsaturated/α-hetero) is 1. The number of carbonyl (C=O) groups is 3. The molecular weight excluding hydrogens is 242 g/mol. The summed E-state index contributed by atoms with van der Waals surface area (Å²) < 4.78 is 0. The van der Waals surface area contributed by atoms with Crippen molar-refractivity contribution in [2.45, 2.75) is 6.04 Å². The molecule has 0 saturated carbocycles. The number of thioether (sulfide) groups is 1. The lowest BCUT2D eigenvalue weighted by atomic mass is 9.95. The zero-order chi connectivity index (χ0) is 12.6. The molecular formula is C10H11N3O3S. The summed E-state index contributed by atoms with van der Waals surface area (Å²) in [6, 6.07) is -0.817. The molecule has 1 unspecified atom stereocenters. The van der Waals surface area contributed by atoms with Crippen molar-refractivity contribution in [2.75, 3.05) is 13.3 Å². The highest BCUT2D eigenvalue weighted by atomic mass is 32.2. The Morgan fingerprint density at radius 2 is 2.18 bits per heavy atom. The minimum absolute atomic E-state index is 0.168. The maximum Gasteiger partial charge on any atom is 0.243 e. The molecule has 0 bridgehead atoms. The molecule has 0 aromatic carbocycles. The first-order valence-electron chi connectivity index (χ1n) is 4.92. The summed E-state index contributed by atoms with van der Waals surface area (Å²) in [5.41, 5.74) is 5.59. The minimum atomic E-state index is -0.817. The molecule has 6 nitrogen and oxygen atoms in total. The van der Waals surface area contributed by atoms with Crippen LogP contribution in [0.3, 0.4) is 0 Å². The molecule has 90 valence electrons. The monoisotopic (exact) mass is 253 g/mol. The molecule has 0 fully saturated rings. The standard InChI is InChI=1S/C10H11N3O3S/c1-11-10(16)8-6-7(12-13-8)4(14)3-5(17-2)9(6)15/h3,8,12-13H,1-2H3,(H,11,16). The van der Waals surface area contributed by atoms with Crippen LogP contribution in [0.4, 0.5) is 0 Å². The van der Waals surface area contributed by atoms with Crippen LogP contribution in [0.2, 0.25) is 0 Å². The third-order valence-corrected chi connectivity index (χ3v) is 3.35. The fraction of sp³-hybridized carbons (Fsp3) is 0.300. The molecule has 0 spiro atoms. The second kappa shape index (κ2) is 4.34. The fourth-order valence-electron chi connectivity index (χ4n) is 1.75. The van der Waals surface area contributed by atoms with Gasteiger partial charge in [-0.2, -0.15) is 0 Å².